The van der Waals surface area contributed by atoms with E-state index in [0.29, 0.717) is 6.54 Å². The molecular formula is C21H26N2O. The second-order valence-electron chi connectivity index (χ2n) is 6.43. The normalized spacial score (nSPS) is 13.5. The molecule has 2 aromatic rings. The number of hydrogen-bond acceptors (Lipinski definition) is 2. The van der Waals surface area contributed by atoms with Crippen LogP contribution in [0.15, 0.2) is 48.5 Å². The molecule has 1 aliphatic rings. The van der Waals surface area contributed by atoms with E-state index in [-0.39, 0.29) is 5.91 Å². The van der Waals surface area contributed by atoms with E-state index in [1.807, 2.05) is 30.3 Å². The highest BCUT2D eigenvalue weighted by atomic mass is 16.1. The zero-order chi connectivity index (χ0) is 16.8. The Hall–Kier alpha value is -2.29. The molecule has 3 rings (SSSR count). The summed E-state index contributed by atoms with van der Waals surface area (Å²) in [5.74, 6) is 0.00248. The summed E-state index contributed by atoms with van der Waals surface area (Å²) >= 11 is 0. The van der Waals surface area contributed by atoms with Gasteiger partial charge in [0, 0.05) is 30.9 Å². The first kappa shape index (κ1) is 16.6. The number of benzene rings is 2. The molecule has 0 radical (unpaired) electrons. The fourth-order valence-corrected chi connectivity index (χ4v) is 3.40. The molecule has 24 heavy (non-hydrogen) atoms. The summed E-state index contributed by atoms with van der Waals surface area (Å²) in [6.45, 7) is 5.22. The molecule has 1 aliphatic heterocycles. The first-order valence-electron chi connectivity index (χ1n) is 8.98. The van der Waals surface area contributed by atoms with Gasteiger partial charge in [0.05, 0.1) is 0 Å². The largest absolute Gasteiger partial charge is 0.371 e. The van der Waals surface area contributed by atoms with Crippen molar-refractivity contribution in [2.45, 2.75) is 32.6 Å². The van der Waals surface area contributed by atoms with Crippen molar-refractivity contribution < 1.29 is 4.79 Å². The van der Waals surface area contributed by atoms with E-state index < -0.39 is 0 Å². The molecule has 0 unspecified atom stereocenters. The molecule has 0 atom stereocenters. The van der Waals surface area contributed by atoms with Crippen LogP contribution in [0.3, 0.4) is 0 Å². The monoisotopic (exact) mass is 322 g/mol. The standard InChI is InChI=1S/C21H26N2O/c1-2-14-23-15-6-9-19-16-17(10-11-20(19)23)12-13-22-21(24)18-7-4-3-5-8-18/h3-5,7-8,10-11,16H,2,6,9,12-15H2,1H3,(H,22,24). The zero-order valence-electron chi connectivity index (χ0n) is 14.4. The van der Waals surface area contributed by atoms with Crippen LogP contribution in [0.25, 0.3) is 0 Å². The van der Waals surface area contributed by atoms with Crippen molar-refractivity contribution in [1.82, 2.24) is 5.32 Å². The lowest BCUT2D eigenvalue weighted by Crippen LogP contribution is -2.30. The second-order valence-corrected chi connectivity index (χ2v) is 6.43. The number of rotatable bonds is 6. The fourth-order valence-electron chi connectivity index (χ4n) is 3.40. The van der Waals surface area contributed by atoms with Crippen LogP contribution in [0.2, 0.25) is 0 Å². The molecule has 0 bridgehead atoms. The summed E-state index contributed by atoms with van der Waals surface area (Å²) in [5.41, 5.74) is 4.89. The topological polar surface area (TPSA) is 32.3 Å². The molecule has 2 aromatic carbocycles. The van der Waals surface area contributed by atoms with E-state index in [0.717, 1.165) is 18.5 Å². The van der Waals surface area contributed by atoms with Crippen LogP contribution in [-0.4, -0.2) is 25.5 Å². The SMILES string of the molecule is CCCN1CCCc2cc(CCNC(=O)c3ccccc3)ccc21. The molecule has 0 saturated heterocycles. The Morgan fingerprint density at radius 2 is 2.00 bits per heavy atom. The van der Waals surface area contributed by atoms with Gasteiger partial charge >= 0.3 is 0 Å². The van der Waals surface area contributed by atoms with Crippen LogP contribution in [0.1, 0.15) is 41.3 Å². The number of carbonyl (C=O) groups excluding carboxylic acids is 1. The number of fused-ring (bicyclic) bond motifs is 1. The van der Waals surface area contributed by atoms with Gasteiger partial charge in [0.15, 0.2) is 0 Å². The maximum Gasteiger partial charge on any atom is 0.251 e. The van der Waals surface area contributed by atoms with Gasteiger partial charge in [-0.15, -0.1) is 0 Å². The van der Waals surface area contributed by atoms with Crippen molar-refractivity contribution in [2.24, 2.45) is 0 Å². The number of nitrogens with zero attached hydrogens (tertiary/aromatic N) is 1. The fraction of sp³-hybridized carbons (Fsp3) is 0.381. The van der Waals surface area contributed by atoms with Gasteiger partial charge in [-0.2, -0.15) is 0 Å². The summed E-state index contributed by atoms with van der Waals surface area (Å²) in [4.78, 5) is 14.6. The third-order valence-electron chi connectivity index (χ3n) is 4.59. The Balaban J connectivity index is 1.57. The predicted molar refractivity (Wildman–Crippen MR) is 99.7 cm³/mol. The molecule has 3 heteroatoms. The van der Waals surface area contributed by atoms with Gasteiger partial charge < -0.3 is 10.2 Å². The van der Waals surface area contributed by atoms with Crippen LogP contribution >= 0.6 is 0 Å². The molecule has 3 nitrogen and oxygen atoms in total. The second kappa shape index (κ2) is 8.00. The average molecular weight is 322 g/mol. The summed E-state index contributed by atoms with van der Waals surface area (Å²) in [6.07, 6.45) is 4.47. The molecule has 0 fully saturated rings. The van der Waals surface area contributed by atoms with E-state index in [2.05, 4.69) is 35.3 Å². The van der Waals surface area contributed by atoms with Gasteiger partial charge in [0.1, 0.15) is 0 Å². The van der Waals surface area contributed by atoms with Gasteiger partial charge in [-0.3, -0.25) is 4.79 Å². The van der Waals surface area contributed by atoms with Gasteiger partial charge in [-0.05, 0) is 55.0 Å². The van der Waals surface area contributed by atoms with Crippen molar-refractivity contribution in [3.05, 3.63) is 65.2 Å². The number of anilines is 1. The number of aryl methyl sites for hydroxylation is 1. The minimum atomic E-state index is 0.00248. The lowest BCUT2D eigenvalue weighted by atomic mass is 9.98. The average Bonchev–Trinajstić information content (AvgIpc) is 2.63. The summed E-state index contributed by atoms with van der Waals surface area (Å²) in [7, 11) is 0. The van der Waals surface area contributed by atoms with Gasteiger partial charge in [0.25, 0.3) is 5.91 Å². The highest BCUT2D eigenvalue weighted by molar-refractivity contribution is 5.94. The Morgan fingerprint density at radius 1 is 1.17 bits per heavy atom. The van der Waals surface area contributed by atoms with Crippen molar-refractivity contribution in [2.75, 3.05) is 24.5 Å². The number of carbonyl (C=O) groups is 1. The van der Waals surface area contributed by atoms with E-state index >= 15 is 0 Å². The first-order chi connectivity index (χ1) is 11.8. The minimum Gasteiger partial charge on any atom is -0.371 e. The molecule has 0 spiro atoms. The molecule has 1 N–H and O–H groups in total. The molecular weight excluding hydrogens is 296 g/mol. The lowest BCUT2D eigenvalue weighted by Gasteiger charge is -2.31. The van der Waals surface area contributed by atoms with Crippen molar-refractivity contribution >= 4 is 11.6 Å². The first-order valence-corrected chi connectivity index (χ1v) is 8.98. The molecule has 126 valence electrons. The van der Waals surface area contributed by atoms with Crippen LogP contribution in [0.5, 0.6) is 0 Å². The van der Waals surface area contributed by atoms with Gasteiger partial charge in [-0.1, -0.05) is 37.3 Å². The summed E-state index contributed by atoms with van der Waals surface area (Å²) < 4.78 is 0. The smallest absolute Gasteiger partial charge is 0.251 e. The zero-order valence-corrected chi connectivity index (χ0v) is 14.4. The Morgan fingerprint density at radius 3 is 2.79 bits per heavy atom. The minimum absolute atomic E-state index is 0.00248. The molecule has 1 amide bonds. The van der Waals surface area contributed by atoms with Crippen LogP contribution in [0, 0.1) is 0 Å². The van der Waals surface area contributed by atoms with E-state index in [1.165, 1.54) is 42.6 Å². The highest BCUT2D eigenvalue weighted by Crippen LogP contribution is 2.28. The maximum absolute atomic E-state index is 12.1. The van der Waals surface area contributed by atoms with E-state index in [1.54, 1.807) is 0 Å². The Labute approximate surface area is 144 Å². The highest BCUT2D eigenvalue weighted by Gasteiger charge is 2.16. The van der Waals surface area contributed by atoms with Crippen LogP contribution in [-0.2, 0) is 12.8 Å². The van der Waals surface area contributed by atoms with Gasteiger partial charge in [-0.25, -0.2) is 0 Å². The lowest BCUT2D eigenvalue weighted by molar-refractivity contribution is 0.0954. The van der Waals surface area contributed by atoms with Crippen LogP contribution < -0.4 is 10.2 Å². The predicted octanol–water partition coefficient (Wildman–Crippen LogP) is 3.82. The molecule has 0 aromatic heterocycles. The van der Waals surface area contributed by atoms with Crippen molar-refractivity contribution in [3.63, 3.8) is 0 Å². The molecule has 1 heterocycles. The third kappa shape index (κ3) is 3.97. The van der Waals surface area contributed by atoms with Crippen molar-refractivity contribution in [1.29, 1.82) is 0 Å². The number of nitrogens with one attached hydrogen (secondary N) is 1. The van der Waals surface area contributed by atoms with E-state index in [9.17, 15) is 4.79 Å². The Bertz CT molecular complexity index is 681. The van der Waals surface area contributed by atoms with E-state index in [4.69, 9.17) is 0 Å². The van der Waals surface area contributed by atoms with Crippen molar-refractivity contribution in [3.8, 4) is 0 Å². The third-order valence-corrected chi connectivity index (χ3v) is 4.59. The summed E-state index contributed by atoms with van der Waals surface area (Å²) in [6, 6.07) is 16.2. The molecule has 0 saturated carbocycles. The summed E-state index contributed by atoms with van der Waals surface area (Å²) in [5, 5.41) is 3.01. The Kier molecular flexibility index (Phi) is 5.52. The maximum atomic E-state index is 12.1. The van der Waals surface area contributed by atoms with Crippen LogP contribution in [0.4, 0.5) is 5.69 Å². The quantitative estimate of drug-likeness (QED) is 0.877. The molecule has 0 aliphatic carbocycles. The number of amides is 1. The van der Waals surface area contributed by atoms with Gasteiger partial charge in [0.2, 0.25) is 0 Å². The number of hydrogen-bond donors (Lipinski definition) is 1.